The maximum atomic E-state index is 5.36. The predicted molar refractivity (Wildman–Crippen MR) is 169 cm³/mol. The van der Waals surface area contributed by atoms with Crippen LogP contribution in [0.4, 0.5) is 5.69 Å². The molecule has 0 aromatic heterocycles. The van der Waals surface area contributed by atoms with E-state index in [1.54, 1.807) is 0 Å². The molecule has 41 heavy (non-hydrogen) atoms. The van der Waals surface area contributed by atoms with Gasteiger partial charge in [0.05, 0.1) is 17.1 Å². The first-order chi connectivity index (χ1) is 20.3. The van der Waals surface area contributed by atoms with E-state index in [0.29, 0.717) is 5.82 Å². The highest BCUT2D eigenvalue weighted by molar-refractivity contribution is 6.55. The van der Waals surface area contributed by atoms with Crippen LogP contribution in [0.3, 0.4) is 0 Å². The lowest BCUT2D eigenvalue weighted by molar-refractivity contribution is 0.864. The molecule has 0 N–H and O–H groups in total. The number of hydrogen-bond donors (Lipinski definition) is 0. The highest BCUT2D eigenvalue weighted by atomic mass is 15.3. The quantitative estimate of drug-likeness (QED) is 0.227. The van der Waals surface area contributed by atoms with E-state index >= 15 is 0 Å². The van der Waals surface area contributed by atoms with Crippen molar-refractivity contribution in [3.05, 3.63) is 185 Å². The number of aryl methyl sites for hydroxylation is 1. The molecule has 2 aliphatic heterocycles. The van der Waals surface area contributed by atoms with Crippen LogP contribution in [0.2, 0.25) is 0 Å². The van der Waals surface area contributed by atoms with E-state index in [9.17, 15) is 0 Å². The van der Waals surface area contributed by atoms with Gasteiger partial charge in [-0.25, -0.2) is 15.0 Å². The van der Waals surface area contributed by atoms with E-state index in [2.05, 4.69) is 115 Å². The second kappa shape index (κ2) is 10.7. The van der Waals surface area contributed by atoms with Crippen molar-refractivity contribution < 1.29 is 0 Å². The number of anilines is 1. The van der Waals surface area contributed by atoms with Gasteiger partial charge in [0, 0.05) is 16.8 Å². The molecule has 2 aliphatic rings. The fourth-order valence-corrected chi connectivity index (χ4v) is 5.53. The fourth-order valence-electron chi connectivity index (χ4n) is 5.53. The second-order valence-corrected chi connectivity index (χ2v) is 10.1. The zero-order chi connectivity index (χ0) is 27.6. The van der Waals surface area contributed by atoms with Gasteiger partial charge in [-0.3, -0.25) is 0 Å². The molecule has 0 bridgehead atoms. The second-order valence-electron chi connectivity index (χ2n) is 10.1. The van der Waals surface area contributed by atoms with Gasteiger partial charge < -0.3 is 4.90 Å². The number of aliphatic imine (C=N–C) groups is 3. The topological polar surface area (TPSA) is 40.3 Å². The molecule has 196 valence electrons. The molecule has 5 aromatic rings. The minimum absolute atomic E-state index is 0.145. The number of benzene rings is 5. The van der Waals surface area contributed by atoms with Gasteiger partial charge in [-0.1, -0.05) is 140 Å². The Bertz CT molecular complexity index is 1760. The standard InChI is InChI=1S/C37H28N4/c1-26-16-14-15-25-31(26)41-35(30-23-12-5-13-24-30)34(29-21-10-4-11-22-29)40-37(41)36-38-32(27-17-6-2-7-18-27)33(39-36)28-19-8-3-9-20-28/h2-25,35H,1H3. The van der Waals surface area contributed by atoms with Crippen LogP contribution in [0, 0.1) is 6.92 Å². The molecule has 4 nitrogen and oxygen atoms in total. The summed E-state index contributed by atoms with van der Waals surface area (Å²) >= 11 is 0. The monoisotopic (exact) mass is 528 g/mol. The van der Waals surface area contributed by atoms with Crippen LogP contribution in [0.5, 0.6) is 0 Å². The van der Waals surface area contributed by atoms with Crippen LogP contribution >= 0.6 is 0 Å². The lowest BCUT2D eigenvalue weighted by Crippen LogP contribution is -2.28. The molecular formula is C37H28N4. The molecule has 0 fully saturated rings. The van der Waals surface area contributed by atoms with E-state index in [4.69, 9.17) is 15.0 Å². The summed E-state index contributed by atoms with van der Waals surface area (Å²) in [6, 6.07) is 49.9. The highest BCUT2D eigenvalue weighted by Gasteiger charge is 2.39. The van der Waals surface area contributed by atoms with Crippen LogP contribution in [0.1, 0.15) is 33.9 Å². The number of rotatable bonds is 5. The number of nitrogens with zero attached hydrogens (tertiary/aromatic N) is 4. The lowest BCUT2D eigenvalue weighted by atomic mass is 9.95. The van der Waals surface area contributed by atoms with Crippen molar-refractivity contribution >= 4 is 22.8 Å². The Kier molecular flexibility index (Phi) is 6.42. The van der Waals surface area contributed by atoms with Gasteiger partial charge in [0.25, 0.3) is 0 Å². The van der Waals surface area contributed by atoms with Crippen molar-refractivity contribution in [2.24, 2.45) is 15.0 Å². The summed E-state index contributed by atoms with van der Waals surface area (Å²) in [7, 11) is 0. The van der Waals surface area contributed by atoms with E-state index in [-0.39, 0.29) is 6.04 Å². The van der Waals surface area contributed by atoms with E-state index < -0.39 is 0 Å². The Morgan fingerprint density at radius 1 is 0.488 bits per heavy atom. The van der Waals surface area contributed by atoms with E-state index in [1.165, 1.54) is 0 Å². The zero-order valence-corrected chi connectivity index (χ0v) is 22.7. The van der Waals surface area contributed by atoms with E-state index in [1.807, 2.05) is 42.5 Å². The van der Waals surface area contributed by atoms with E-state index in [0.717, 1.165) is 56.5 Å². The van der Waals surface area contributed by atoms with Gasteiger partial charge in [-0.2, -0.15) is 0 Å². The molecule has 0 saturated heterocycles. The third-order valence-corrected chi connectivity index (χ3v) is 7.49. The maximum Gasteiger partial charge on any atom is 0.197 e. The Hall–Kier alpha value is -5.35. The van der Waals surface area contributed by atoms with Crippen LogP contribution in [0.25, 0.3) is 0 Å². The smallest absolute Gasteiger partial charge is 0.197 e. The first-order valence-corrected chi connectivity index (χ1v) is 13.8. The minimum atomic E-state index is -0.145. The van der Waals surface area contributed by atoms with Gasteiger partial charge in [0.1, 0.15) is 6.04 Å². The molecule has 0 aliphatic carbocycles. The largest absolute Gasteiger partial charge is 0.310 e. The molecule has 4 heteroatoms. The summed E-state index contributed by atoms with van der Waals surface area (Å²) in [5.74, 6) is 1.35. The van der Waals surface area contributed by atoms with Crippen molar-refractivity contribution in [2.45, 2.75) is 13.0 Å². The summed E-state index contributed by atoms with van der Waals surface area (Å²) in [4.78, 5) is 18.1. The predicted octanol–water partition coefficient (Wildman–Crippen LogP) is 8.16. The first kappa shape index (κ1) is 24.7. The summed E-state index contributed by atoms with van der Waals surface area (Å²) in [6.45, 7) is 2.15. The highest BCUT2D eigenvalue weighted by Crippen LogP contribution is 2.43. The average molecular weight is 529 g/mol. The van der Waals surface area contributed by atoms with Crippen molar-refractivity contribution in [3.63, 3.8) is 0 Å². The van der Waals surface area contributed by atoms with Crippen molar-refractivity contribution in [1.82, 2.24) is 0 Å². The van der Waals surface area contributed by atoms with Crippen LogP contribution < -0.4 is 4.90 Å². The van der Waals surface area contributed by atoms with Gasteiger partial charge in [0.15, 0.2) is 11.6 Å². The first-order valence-electron chi connectivity index (χ1n) is 13.8. The molecule has 7 rings (SSSR count). The maximum absolute atomic E-state index is 5.36. The van der Waals surface area contributed by atoms with Crippen molar-refractivity contribution in [3.8, 4) is 0 Å². The number of hydrogen-bond acceptors (Lipinski definition) is 4. The van der Waals surface area contributed by atoms with Crippen LogP contribution in [0.15, 0.2) is 172 Å². The van der Waals surface area contributed by atoms with Crippen LogP contribution in [-0.4, -0.2) is 17.1 Å². The molecule has 2 heterocycles. The summed E-state index contributed by atoms with van der Waals surface area (Å²) < 4.78 is 0. The molecule has 0 saturated carbocycles. The van der Waals surface area contributed by atoms with Gasteiger partial charge in [0.2, 0.25) is 0 Å². The molecule has 5 aromatic carbocycles. The number of para-hydroxylation sites is 1. The van der Waals surface area contributed by atoms with Gasteiger partial charge in [-0.15, -0.1) is 0 Å². The SMILES string of the molecule is Cc1ccccc1N1C(=C2N=C(c3ccccc3)C(c3ccccc3)=N2)N=C(c2ccccc2)C1c1ccccc1. The van der Waals surface area contributed by atoms with Gasteiger partial charge in [-0.05, 0) is 29.7 Å². The molecular weight excluding hydrogens is 500 g/mol. The summed E-state index contributed by atoms with van der Waals surface area (Å²) in [5, 5.41) is 0. The fraction of sp³-hybridized carbons (Fsp3) is 0.0541. The summed E-state index contributed by atoms with van der Waals surface area (Å²) in [5.41, 5.74) is 9.21. The minimum Gasteiger partial charge on any atom is -0.310 e. The van der Waals surface area contributed by atoms with Crippen molar-refractivity contribution in [1.29, 1.82) is 0 Å². The lowest BCUT2D eigenvalue weighted by Gasteiger charge is -2.30. The Morgan fingerprint density at radius 3 is 1.49 bits per heavy atom. The van der Waals surface area contributed by atoms with Crippen molar-refractivity contribution in [2.75, 3.05) is 4.90 Å². The molecule has 1 atom stereocenters. The molecule has 0 radical (unpaired) electrons. The Morgan fingerprint density at radius 2 is 0.951 bits per heavy atom. The molecule has 0 amide bonds. The molecule has 1 unspecified atom stereocenters. The third-order valence-electron chi connectivity index (χ3n) is 7.49. The van der Waals surface area contributed by atoms with Crippen LogP contribution in [-0.2, 0) is 0 Å². The summed E-state index contributed by atoms with van der Waals surface area (Å²) in [6.07, 6.45) is 0. The zero-order valence-electron chi connectivity index (χ0n) is 22.7. The normalized spacial score (nSPS) is 16.5. The Labute approximate surface area is 240 Å². The third kappa shape index (κ3) is 4.60. The average Bonchev–Trinajstić information content (AvgIpc) is 3.66. The Balaban J connectivity index is 1.51. The van der Waals surface area contributed by atoms with Gasteiger partial charge >= 0.3 is 0 Å². The molecule has 0 spiro atoms.